The lowest BCUT2D eigenvalue weighted by Crippen LogP contribution is -2.60. The summed E-state index contributed by atoms with van der Waals surface area (Å²) in [6.45, 7) is 5.96. The van der Waals surface area contributed by atoms with Crippen LogP contribution in [0.2, 0.25) is 0 Å². The normalized spacial score (nSPS) is 20.2. The van der Waals surface area contributed by atoms with Gasteiger partial charge in [0.15, 0.2) is 11.5 Å². The van der Waals surface area contributed by atoms with Crippen LogP contribution in [0.15, 0.2) is 42.5 Å². The first-order valence-electron chi connectivity index (χ1n) is 13.0. The minimum atomic E-state index is -0.423. The number of rotatable bonds is 11. The molecule has 38 heavy (non-hydrogen) atoms. The zero-order valence-corrected chi connectivity index (χ0v) is 22.2. The van der Waals surface area contributed by atoms with Crippen LogP contribution < -0.4 is 19.5 Å². The number of nitrogens with one attached hydrogen (secondary N) is 1. The Bertz CT molecular complexity index is 1090. The standard InChI is InChI=1S/C28H36N4O6/c1-4-30-28(33)38-32-18-23-16-31(17-24(19-32)36-23)13-5-6-25(21-9-7-20(15-29)8-10-21)37-22-11-12-26(34-2)27(14-22)35-3/h7-12,14,23-25H,4-6,13,16-19H2,1-3H3,(H,30,33). The predicted octanol–water partition coefficient (Wildman–Crippen LogP) is 3.52. The molecule has 204 valence electrons. The molecule has 2 aliphatic heterocycles. The molecule has 0 radical (unpaired) electrons. The maximum Gasteiger partial charge on any atom is 0.426 e. The Morgan fingerprint density at radius 1 is 1.08 bits per heavy atom. The summed E-state index contributed by atoms with van der Waals surface area (Å²) in [5, 5.41) is 13.6. The van der Waals surface area contributed by atoms with Crippen molar-refractivity contribution < 1.29 is 28.6 Å². The summed E-state index contributed by atoms with van der Waals surface area (Å²) in [5.41, 5.74) is 1.62. The third-order valence-electron chi connectivity index (χ3n) is 6.64. The Balaban J connectivity index is 1.36. The summed E-state index contributed by atoms with van der Waals surface area (Å²) < 4.78 is 23.3. The van der Waals surface area contributed by atoms with Gasteiger partial charge in [-0.2, -0.15) is 5.26 Å². The van der Waals surface area contributed by atoms with Crippen LogP contribution in [0.4, 0.5) is 4.79 Å². The van der Waals surface area contributed by atoms with E-state index < -0.39 is 6.09 Å². The van der Waals surface area contributed by atoms with Crippen LogP contribution >= 0.6 is 0 Å². The summed E-state index contributed by atoms with van der Waals surface area (Å²) in [7, 11) is 3.20. The van der Waals surface area contributed by atoms with Crippen molar-refractivity contribution in [2.24, 2.45) is 0 Å². The van der Waals surface area contributed by atoms with Crippen molar-refractivity contribution in [2.45, 2.75) is 38.1 Å². The molecule has 1 N–H and O–H groups in total. The first-order chi connectivity index (χ1) is 18.5. The number of hydroxylamine groups is 2. The lowest BCUT2D eigenvalue weighted by atomic mass is 10.0. The maximum absolute atomic E-state index is 11.8. The van der Waals surface area contributed by atoms with Gasteiger partial charge in [-0.1, -0.05) is 12.1 Å². The van der Waals surface area contributed by atoms with Crippen molar-refractivity contribution in [1.29, 1.82) is 5.26 Å². The number of nitriles is 1. The van der Waals surface area contributed by atoms with Crippen LogP contribution in [0.3, 0.4) is 0 Å². The minimum Gasteiger partial charge on any atom is -0.493 e. The van der Waals surface area contributed by atoms with Crippen molar-refractivity contribution in [3.05, 3.63) is 53.6 Å². The van der Waals surface area contributed by atoms with Gasteiger partial charge >= 0.3 is 6.09 Å². The number of fused-ring (bicyclic) bond motifs is 2. The van der Waals surface area contributed by atoms with E-state index in [-0.39, 0.29) is 18.3 Å². The number of amides is 1. The third-order valence-corrected chi connectivity index (χ3v) is 6.64. The molecule has 3 atom stereocenters. The highest BCUT2D eigenvalue weighted by Gasteiger charge is 2.36. The monoisotopic (exact) mass is 524 g/mol. The Morgan fingerprint density at radius 3 is 2.42 bits per heavy atom. The van der Waals surface area contributed by atoms with Gasteiger partial charge in [0.05, 0.1) is 51.1 Å². The summed E-state index contributed by atoms with van der Waals surface area (Å²) in [5.74, 6) is 1.93. The molecule has 4 rings (SSSR count). The number of methoxy groups -OCH3 is 2. The highest BCUT2D eigenvalue weighted by atomic mass is 16.7. The van der Waals surface area contributed by atoms with E-state index in [0.717, 1.165) is 38.0 Å². The van der Waals surface area contributed by atoms with Crippen molar-refractivity contribution in [2.75, 3.05) is 53.5 Å². The number of carbonyl (C=O) groups is 1. The molecule has 0 spiro atoms. The van der Waals surface area contributed by atoms with E-state index in [0.29, 0.717) is 42.4 Å². The van der Waals surface area contributed by atoms with E-state index in [1.54, 1.807) is 19.3 Å². The molecule has 1 amide bonds. The number of morpholine rings is 2. The molecule has 3 unspecified atom stereocenters. The Labute approximate surface area is 223 Å². The molecule has 2 aromatic rings. The van der Waals surface area contributed by atoms with Crippen LogP contribution in [0, 0.1) is 11.3 Å². The first kappa shape index (κ1) is 27.5. The van der Waals surface area contributed by atoms with Gasteiger partial charge in [0.2, 0.25) is 0 Å². The molecular weight excluding hydrogens is 488 g/mol. The fraction of sp³-hybridized carbons (Fsp3) is 0.500. The molecule has 0 aromatic heterocycles. The number of benzene rings is 2. The molecular formula is C28H36N4O6. The third kappa shape index (κ3) is 7.28. The lowest BCUT2D eigenvalue weighted by molar-refractivity contribution is -0.219. The molecule has 2 saturated heterocycles. The molecule has 2 fully saturated rings. The van der Waals surface area contributed by atoms with E-state index in [4.69, 9.17) is 23.8 Å². The number of hydrogen-bond acceptors (Lipinski definition) is 9. The van der Waals surface area contributed by atoms with E-state index in [2.05, 4.69) is 16.3 Å². The Morgan fingerprint density at radius 2 is 1.79 bits per heavy atom. The Hall–Kier alpha value is -3.52. The predicted molar refractivity (Wildman–Crippen MR) is 140 cm³/mol. The number of hydrogen-bond donors (Lipinski definition) is 1. The van der Waals surface area contributed by atoms with Gasteiger partial charge in [0.25, 0.3) is 0 Å². The van der Waals surface area contributed by atoms with Crippen molar-refractivity contribution >= 4 is 6.09 Å². The van der Waals surface area contributed by atoms with Gasteiger partial charge in [-0.25, -0.2) is 4.79 Å². The lowest BCUT2D eigenvalue weighted by Gasteiger charge is -2.44. The molecule has 10 heteroatoms. The van der Waals surface area contributed by atoms with E-state index in [1.165, 1.54) is 0 Å². The van der Waals surface area contributed by atoms with Crippen LogP contribution in [0.5, 0.6) is 17.2 Å². The van der Waals surface area contributed by atoms with Crippen LogP contribution in [-0.4, -0.2) is 81.8 Å². The second-order valence-electron chi connectivity index (χ2n) is 9.40. The fourth-order valence-corrected chi connectivity index (χ4v) is 4.91. The quantitative estimate of drug-likeness (QED) is 0.473. The fourth-order valence-electron chi connectivity index (χ4n) is 4.91. The van der Waals surface area contributed by atoms with Crippen molar-refractivity contribution in [3.8, 4) is 23.3 Å². The molecule has 2 bridgehead atoms. The van der Waals surface area contributed by atoms with Crippen molar-refractivity contribution in [3.63, 3.8) is 0 Å². The van der Waals surface area contributed by atoms with E-state index in [1.807, 2.05) is 49.4 Å². The molecule has 2 aromatic carbocycles. The van der Waals surface area contributed by atoms with Gasteiger partial charge < -0.3 is 29.1 Å². The average molecular weight is 525 g/mol. The second kappa shape index (κ2) is 13.3. The van der Waals surface area contributed by atoms with Crippen LogP contribution in [-0.2, 0) is 9.57 Å². The van der Waals surface area contributed by atoms with Crippen molar-refractivity contribution in [1.82, 2.24) is 15.3 Å². The van der Waals surface area contributed by atoms with Gasteiger partial charge in [-0.05, 0) is 56.1 Å². The average Bonchev–Trinajstić information content (AvgIpc) is 2.92. The smallest absolute Gasteiger partial charge is 0.426 e. The number of carbonyl (C=O) groups excluding carboxylic acids is 1. The largest absolute Gasteiger partial charge is 0.493 e. The molecule has 2 heterocycles. The highest BCUT2D eigenvalue weighted by molar-refractivity contribution is 5.66. The van der Waals surface area contributed by atoms with Gasteiger partial charge in [-0.3, -0.25) is 4.90 Å². The SMILES string of the molecule is CCNC(=O)ON1CC2CN(CCCC(Oc3ccc(OC)c(OC)c3)c3ccc(C#N)cc3)CC(C1)O2. The second-order valence-corrected chi connectivity index (χ2v) is 9.40. The van der Waals surface area contributed by atoms with E-state index >= 15 is 0 Å². The summed E-state index contributed by atoms with van der Waals surface area (Å²) >= 11 is 0. The van der Waals surface area contributed by atoms with Gasteiger partial charge in [0.1, 0.15) is 11.9 Å². The van der Waals surface area contributed by atoms with Gasteiger partial charge in [-0.15, -0.1) is 5.06 Å². The Kier molecular flexibility index (Phi) is 9.65. The topological polar surface area (TPSA) is 106 Å². The summed E-state index contributed by atoms with van der Waals surface area (Å²) in [4.78, 5) is 19.6. The highest BCUT2D eigenvalue weighted by Crippen LogP contribution is 2.34. The maximum atomic E-state index is 11.8. The van der Waals surface area contributed by atoms with Gasteiger partial charge in [0, 0.05) is 25.7 Å². The minimum absolute atomic E-state index is 0.00531. The number of ether oxygens (including phenoxy) is 4. The molecule has 2 aliphatic rings. The van der Waals surface area contributed by atoms with E-state index in [9.17, 15) is 10.1 Å². The van der Waals surface area contributed by atoms with Crippen LogP contribution in [0.1, 0.15) is 37.0 Å². The zero-order chi connectivity index (χ0) is 26.9. The summed E-state index contributed by atoms with van der Waals surface area (Å²) in [6, 6.07) is 15.2. The molecule has 0 aliphatic carbocycles. The number of nitrogens with zero attached hydrogens (tertiary/aromatic N) is 3. The molecule has 10 nitrogen and oxygen atoms in total. The molecule has 0 saturated carbocycles. The van der Waals surface area contributed by atoms with Crippen LogP contribution in [0.25, 0.3) is 0 Å². The zero-order valence-electron chi connectivity index (χ0n) is 22.2. The first-order valence-corrected chi connectivity index (χ1v) is 13.0. The summed E-state index contributed by atoms with van der Waals surface area (Å²) in [6.07, 6.45) is 1.08.